The molecular weight excluding hydrogens is 444 g/mol. The Balaban J connectivity index is 2.86. The quantitative estimate of drug-likeness (QED) is 0.401. The highest BCUT2D eigenvalue weighted by Gasteiger charge is 2.14. The molecule has 0 bridgehead atoms. The minimum absolute atomic E-state index is 0.0398. The molecule has 1 aromatic carbocycles. The second kappa shape index (κ2) is 11.8. The van der Waals surface area contributed by atoms with Crippen molar-refractivity contribution in [2.75, 3.05) is 12.3 Å². The van der Waals surface area contributed by atoms with Gasteiger partial charge < -0.3 is 15.6 Å². The molecule has 0 amide bonds. The number of hydrogen-bond donors (Lipinski definition) is 2. The smallest absolute Gasteiger partial charge is 0.197 e. The average molecular weight is 476 g/mol. The summed E-state index contributed by atoms with van der Waals surface area (Å²) < 4.78 is 30.8. The van der Waals surface area contributed by atoms with Crippen LogP contribution in [0.3, 0.4) is 0 Å². The SMILES string of the molecule is C=C(C)c1cn(-c2cc(N)c(F)cc2CC)c(=C\Cl)/c(=C\C(F)=C(/C)NCCCCC)c1=O. The van der Waals surface area contributed by atoms with E-state index in [0.717, 1.165) is 19.3 Å². The number of halogens is 3. The zero-order valence-electron chi connectivity index (χ0n) is 19.7. The monoisotopic (exact) mass is 475 g/mol. The highest BCUT2D eigenvalue weighted by molar-refractivity contribution is 6.38. The second-order valence-electron chi connectivity index (χ2n) is 8.04. The summed E-state index contributed by atoms with van der Waals surface area (Å²) in [5, 5.41) is 3.39. The highest BCUT2D eigenvalue weighted by Crippen LogP contribution is 2.21. The first kappa shape index (κ1) is 26.4. The van der Waals surface area contributed by atoms with E-state index in [4.69, 9.17) is 17.3 Å². The first-order chi connectivity index (χ1) is 15.7. The van der Waals surface area contributed by atoms with Crippen LogP contribution in [0.5, 0.6) is 0 Å². The van der Waals surface area contributed by atoms with Crippen LogP contribution in [0.25, 0.3) is 22.9 Å². The number of anilines is 1. The Labute approximate surface area is 198 Å². The third-order valence-electron chi connectivity index (χ3n) is 5.48. The summed E-state index contributed by atoms with van der Waals surface area (Å²) in [5.74, 6) is -1.10. The van der Waals surface area contributed by atoms with Crippen LogP contribution < -0.4 is 27.0 Å². The number of pyridine rings is 1. The van der Waals surface area contributed by atoms with Crippen molar-refractivity contribution in [1.82, 2.24) is 9.88 Å². The van der Waals surface area contributed by atoms with Crippen LogP contribution in [0.4, 0.5) is 14.5 Å². The fourth-order valence-electron chi connectivity index (χ4n) is 3.50. The third kappa shape index (κ3) is 6.14. The number of benzene rings is 1. The number of nitrogens with one attached hydrogen (secondary N) is 1. The van der Waals surface area contributed by atoms with E-state index in [-0.39, 0.29) is 16.3 Å². The molecule has 2 aromatic rings. The molecule has 0 aliphatic carbocycles. The van der Waals surface area contributed by atoms with E-state index in [9.17, 15) is 9.18 Å². The normalized spacial score (nSPS) is 13.3. The Morgan fingerprint density at radius 3 is 2.55 bits per heavy atom. The van der Waals surface area contributed by atoms with Gasteiger partial charge in [-0.05, 0) is 56.0 Å². The summed E-state index contributed by atoms with van der Waals surface area (Å²) in [4.78, 5) is 13.2. The molecule has 3 N–H and O–H groups in total. The minimum atomic E-state index is -0.567. The van der Waals surface area contributed by atoms with Crippen LogP contribution in [0, 0.1) is 5.82 Å². The molecule has 7 heteroatoms. The molecule has 0 unspecified atom stereocenters. The van der Waals surface area contributed by atoms with Crippen molar-refractivity contribution in [3.05, 3.63) is 74.2 Å². The van der Waals surface area contributed by atoms with Gasteiger partial charge in [0.05, 0.1) is 21.9 Å². The summed E-state index contributed by atoms with van der Waals surface area (Å²) >= 11 is 6.15. The lowest BCUT2D eigenvalue weighted by Crippen LogP contribution is -2.46. The van der Waals surface area contributed by atoms with Crippen molar-refractivity contribution < 1.29 is 8.78 Å². The predicted octanol–water partition coefficient (Wildman–Crippen LogP) is 4.89. The van der Waals surface area contributed by atoms with Crippen molar-refractivity contribution in [3.63, 3.8) is 0 Å². The van der Waals surface area contributed by atoms with Gasteiger partial charge >= 0.3 is 0 Å². The molecule has 0 aliphatic heterocycles. The van der Waals surface area contributed by atoms with E-state index in [2.05, 4.69) is 18.8 Å². The average Bonchev–Trinajstić information content (AvgIpc) is 2.78. The van der Waals surface area contributed by atoms with Gasteiger partial charge in [0, 0.05) is 29.5 Å². The Kier molecular flexibility index (Phi) is 9.47. The van der Waals surface area contributed by atoms with Crippen molar-refractivity contribution in [1.29, 1.82) is 0 Å². The van der Waals surface area contributed by atoms with Crippen molar-refractivity contribution >= 4 is 34.5 Å². The Bertz CT molecular complexity index is 1250. The van der Waals surface area contributed by atoms with Gasteiger partial charge in [-0.15, -0.1) is 0 Å². The van der Waals surface area contributed by atoms with E-state index in [0.29, 0.717) is 41.1 Å². The number of allylic oxidation sites excluding steroid dienone is 3. The predicted molar refractivity (Wildman–Crippen MR) is 136 cm³/mol. The fraction of sp³-hybridized carbons (Fsp3) is 0.346. The van der Waals surface area contributed by atoms with E-state index < -0.39 is 17.1 Å². The molecular formula is C26H32ClF2N3O. The standard InChI is InChI=1S/C26H32ClF2N3O/c1-6-8-9-10-31-17(5)21(28)12-19-25(14-27)32(15-20(16(3)4)26(19)33)24-13-23(30)22(29)11-18(24)7-2/h11-15,31H,3,6-10,30H2,1-2,4-5H3/b19-12+,21-17-,25-14-. The molecule has 0 radical (unpaired) electrons. The van der Waals surface area contributed by atoms with Crippen LogP contribution >= 0.6 is 11.6 Å². The maximum atomic E-state index is 15.1. The zero-order valence-corrected chi connectivity index (χ0v) is 20.5. The van der Waals surface area contributed by atoms with Gasteiger partial charge in [-0.2, -0.15) is 0 Å². The summed E-state index contributed by atoms with van der Waals surface area (Å²) in [5.41, 5.74) is 8.97. The number of aryl methyl sites for hydroxylation is 1. The summed E-state index contributed by atoms with van der Waals surface area (Å²) in [6, 6.07) is 2.84. The number of rotatable bonds is 9. The maximum absolute atomic E-state index is 15.1. The molecule has 1 aromatic heterocycles. The molecule has 33 heavy (non-hydrogen) atoms. The largest absolute Gasteiger partial charge is 0.396 e. The first-order valence-corrected chi connectivity index (χ1v) is 11.5. The Morgan fingerprint density at radius 1 is 1.27 bits per heavy atom. The highest BCUT2D eigenvalue weighted by atomic mass is 35.5. The van der Waals surface area contributed by atoms with Crippen LogP contribution in [-0.4, -0.2) is 11.1 Å². The topological polar surface area (TPSA) is 60.0 Å². The molecule has 0 saturated carbocycles. The van der Waals surface area contributed by atoms with Gasteiger partial charge in [-0.1, -0.05) is 44.9 Å². The number of unbranched alkanes of at least 4 members (excludes halogenated alkanes) is 2. The molecule has 2 rings (SSSR count). The van der Waals surface area contributed by atoms with Crippen molar-refractivity contribution in [2.45, 2.75) is 53.4 Å². The zero-order chi connectivity index (χ0) is 24.7. The van der Waals surface area contributed by atoms with Gasteiger partial charge in [-0.3, -0.25) is 4.79 Å². The molecule has 178 valence electrons. The van der Waals surface area contributed by atoms with E-state index in [1.165, 1.54) is 23.7 Å². The van der Waals surface area contributed by atoms with Crippen LogP contribution in [-0.2, 0) is 6.42 Å². The lowest BCUT2D eigenvalue weighted by Gasteiger charge is -2.16. The van der Waals surface area contributed by atoms with Gasteiger partial charge in [0.25, 0.3) is 0 Å². The summed E-state index contributed by atoms with van der Waals surface area (Å²) in [6.07, 6.45) is 6.31. The number of nitrogen functional groups attached to an aromatic ring is 1. The Morgan fingerprint density at radius 2 is 1.97 bits per heavy atom. The molecule has 0 spiro atoms. The molecule has 1 heterocycles. The number of nitrogens with two attached hydrogens (primary N) is 1. The second-order valence-corrected chi connectivity index (χ2v) is 8.26. The van der Waals surface area contributed by atoms with Crippen LogP contribution in [0.2, 0.25) is 0 Å². The van der Waals surface area contributed by atoms with E-state index in [1.807, 2.05) is 6.92 Å². The third-order valence-corrected chi connectivity index (χ3v) is 5.69. The first-order valence-electron chi connectivity index (χ1n) is 11.1. The van der Waals surface area contributed by atoms with E-state index >= 15 is 4.39 Å². The fourth-order valence-corrected chi connectivity index (χ4v) is 3.72. The van der Waals surface area contributed by atoms with Gasteiger partial charge in [-0.25, -0.2) is 8.78 Å². The van der Waals surface area contributed by atoms with Gasteiger partial charge in [0.15, 0.2) is 5.43 Å². The molecule has 0 saturated heterocycles. The molecule has 4 nitrogen and oxygen atoms in total. The number of hydrogen-bond acceptors (Lipinski definition) is 3. The number of nitrogens with zero attached hydrogens (tertiary/aromatic N) is 1. The van der Waals surface area contributed by atoms with Gasteiger partial charge in [0.1, 0.15) is 11.6 Å². The minimum Gasteiger partial charge on any atom is -0.396 e. The Hall–Kier alpha value is -2.86. The van der Waals surface area contributed by atoms with Crippen molar-refractivity contribution in [3.8, 4) is 5.69 Å². The summed E-state index contributed by atoms with van der Waals surface area (Å²) in [6.45, 7) is 11.8. The van der Waals surface area contributed by atoms with Crippen LogP contribution in [0.15, 0.2) is 41.2 Å². The lowest BCUT2D eigenvalue weighted by molar-refractivity contribution is 0.619. The lowest BCUT2D eigenvalue weighted by atomic mass is 10.1. The van der Waals surface area contributed by atoms with E-state index in [1.54, 1.807) is 24.6 Å². The molecule has 0 fully saturated rings. The van der Waals surface area contributed by atoms with Crippen molar-refractivity contribution in [2.24, 2.45) is 0 Å². The molecule has 0 aliphatic rings. The van der Waals surface area contributed by atoms with Gasteiger partial charge in [0.2, 0.25) is 0 Å². The number of aromatic nitrogens is 1. The maximum Gasteiger partial charge on any atom is 0.197 e. The molecule has 0 atom stereocenters. The summed E-state index contributed by atoms with van der Waals surface area (Å²) in [7, 11) is 0. The van der Waals surface area contributed by atoms with Crippen LogP contribution in [0.1, 0.15) is 58.1 Å².